The van der Waals surface area contributed by atoms with Crippen molar-refractivity contribution in [3.05, 3.63) is 164 Å². The number of phenols is 2. The van der Waals surface area contributed by atoms with Crippen LogP contribution in [-0.4, -0.2) is 131 Å². The van der Waals surface area contributed by atoms with Crippen LogP contribution in [0.1, 0.15) is 75.9 Å². The van der Waals surface area contributed by atoms with Gasteiger partial charge >= 0.3 is 11.4 Å². The molecule has 2 fully saturated rings. The lowest BCUT2D eigenvalue weighted by Crippen LogP contribution is -2.61. The number of phenolic OH excluding ortho intramolecular Hbond substituents is 2. The molecule has 4 aromatic heterocycles. The molecule has 4 aliphatic rings. The third kappa shape index (κ3) is 10.0. The largest absolute Gasteiger partial charge is 0.507 e. The summed E-state index contributed by atoms with van der Waals surface area (Å²) in [7, 11) is 1.78. The molecule has 4 aliphatic heterocycles. The van der Waals surface area contributed by atoms with Crippen LogP contribution in [-0.2, 0) is 9.59 Å². The van der Waals surface area contributed by atoms with E-state index in [1.54, 1.807) is 70.5 Å². The predicted octanol–water partition coefficient (Wildman–Crippen LogP) is 10.8. The highest BCUT2D eigenvalue weighted by atomic mass is 35.5. The van der Waals surface area contributed by atoms with Gasteiger partial charge in [-0.3, -0.25) is 28.7 Å². The standard InChI is InChI=1S/C33H34ClFN6O3.C32H32ClFN6O3/c1-7-25(43)39-16-20-15-38(6)31-27-23(13-21(28(31)35)26-22(34)9-8-10-24(26)42)41(30-18(4)11-12-36-29(30)17(2)3)33(44)37-32(27)40(20)14-19(39)5;1-6-24(42)38-15-19-13-36-29-26-22(12-20(27(29)34)25-21(33)8-7-9-23(25)41)40(30-17(4)10-11-35-28(30)16(2)3)32(43)37-31(26)39(19)14-18(38)5/h7-13,17,19-20,42H,1,14-16H2,2-6H3;6-12,16,18-19,36,41H,1,13-15H2,2-5H3. The van der Waals surface area contributed by atoms with Crippen LogP contribution >= 0.6 is 23.2 Å². The number of halogens is 4. The summed E-state index contributed by atoms with van der Waals surface area (Å²) in [5.74, 6) is -1.38. The number of amides is 2. The van der Waals surface area contributed by atoms with Crippen molar-refractivity contribution in [2.24, 2.45) is 0 Å². The number of fused-ring (bicyclic) bond motifs is 4. The first-order chi connectivity index (χ1) is 41.5. The molecule has 0 bridgehead atoms. The first kappa shape index (κ1) is 59.8. The molecule has 8 heterocycles. The summed E-state index contributed by atoms with van der Waals surface area (Å²) in [6.07, 6.45) is 5.99. The van der Waals surface area contributed by atoms with Gasteiger partial charge in [-0.05, 0) is 111 Å². The average Bonchev–Trinajstić information content (AvgIpc) is 1.73. The van der Waals surface area contributed by atoms with Crippen molar-refractivity contribution in [2.45, 2.75) is 91.4 Å². The van der Waals surface area contributed by atoms with E-state index in [-0.39, 0.29) is 110 Å². The zero-order valence-electron chi connectivity index (χ0n) is 49.7. The van der Waals surface area contributed by atoms with Gasteiger partial charge in [0.25, 0.3) is 0 Å². The van der Waals surface area contributed by atoms with E-state index >= 15 is 8.78 Å². The molecule has 0 spiro atoms. The van der Waals surface area contributed by atoms with Gasteiger partial charge in [0.05, 0.1) is 78.1 Å². The SMILES string of the molecule is C=CC(=O)N1CC2CN(C)c3c(F)c(-c4c(O)cccc4Cl)cc4c3c(nc(=O)n4-c3c(C)ccnc3C(C)C)N2CC1C.C=CC(=O)N1CC2CNc3c(F)c(-c4c(O)cccc4Cl)cc4c3c(nc(=O)n4-c3c(C)ccnc3C(C)C)N2CC1C. The second kappa shape index (κ2) is 23.1. The Bertz CT molecular complexity index is 4280. The summed E-state index contributed by atoms with van der Waals surface area (Å²) in [6, 6.07) is 15.0. The maximum absolute atomic E-state index is 17.0. The number of piperazine rings is 2. The molecule has 22 heteroatoms. The van der Waals surface area contributed by atoms with Crippen LogP contribution in [0.25, 0.3) is 55.4 Å². The molecule has 450 valence electrons. The highest BCUT2D eigenvalue weighted by molar-refractivity contribution is 6.34. The molecular weight excluding hydrogens is 1150 g/mol. The summed E-state index contributed by atoms with van der Waals surface area (Å²) < 4.78 is 36.7. The summed E-state index contributed by atoms with van der Waals surface area (Å²) in [4.78, 5) is 81.5. The Labute approximate surface area is 511 Å². The van der Waals surface area contributed by atoms with E-state index in [4.69, 9.17) is 23.2 Å². The van der Waals surface area contributed by atoms with Crippen LogP contribution in [0.4, 0.5) is 31.8 Å². The zero-order valence-corrected chi connectivity index (χ0v) is 51.2. The number of nitrogens with zero attached hydrogens (tertiary/aromatic N) is 11. The molecule has 4 atom stereocenters. The van der Waals surface area contributed by atoms with Crippen molar-refractivity contribution >= 4 is 79.8 Å². The molecule has 12 rings (SSSR count). The second-order valence-corrected chi connectivity index (χ2v) is 24.2. The molecule has 3 N–H and O–H groups in total. The van der Waals surface area contributed by atoms with Crippen LogP contribution in [0, 0.1) is 25.5 Å². The average molecular weight is 1220 g/mol. The van der Waals surface area contributed by atoms with E-state index in [0.717, 1.165) is 11.1 Å². The third-order valence-electron chi connectivity index (χ3n) is 17.1. The van der Waals surface area contributed by atoms with Crippen LogP contribution in [0.2, 0.25) is 10.0 Å². The molecule has 87 heavy (non-hydrogen) atoms. The van der Waals surface area contributed by atoms with Crippen LogP contribution in [0.3, 0.4) is 0 Å². The molecule has 2 amide bonds. The van der Waals surface area contributed by atoms with Crippen LogP contribution in [0.15, 0.2) is 108 Å². The molecular formula is C65H66Cl2F2N12O6. The first-order valence-electron chi connectivity index (χ1n) is 28.8. The maximum atomic E-state index is 17.0. The number of anilines is 4. The first-order valence-corrected chi connectivity index (χ1v) is 29.5. The fourth-order valence-electron chi connectivity index (χ4n) is 12.9. The molecule has 18 nitrogen and oxygen atoms in total. The lowest BCUT2D eigenvalue weighted by Gasteiger charge is -2.45. The Morgan fingerprint density at radius 2 is 1.10 bits per heavy atom. The smallest absolute Gasteiger partial charge is 0.354 e. The second-order valence-electron chi connectivity index (χ2n) is 23.4. The van der Waals surface area contributed by atoms with E-state index in [2.05, 4.69) is 38.4 Å². The van der Waals surface area contributed by atoms with Crippen molar-refractivity contribution in [2.75, 3.05) is 66.3 Å². The normalized spacial score (nSPS) is 18.0. The number of aromatic hydroxyl groups is 2. The Hall–Kier alpha value is -8.88. The summed E-state index contributed by atoms with van der Waals surface area (Å²) in [5, 5.41) is 26.2. The fourth-order valence-corrected chi connectivity index (χ4v) is 13.5. The Balaban J connectivity index is 0.000000180. The van der Waals surface area contributed by atoms with Crippen molar-refractivity contribution in [3.63, 3.8) is 0 Å². The van der Waals surface area contributed by atoms with Crippen LogP contribution < -0.4 is 31.4 Å². The van der Waals surface area contributed by atoms with Crippen LogP contribution in [0.5, 0.6) is 11.5 Å². The summed E-state index contributed by atoms with van der Waals surface area (Å²) in [6.45, 7) is 25.0. The minimum atomic E-state index is -0.636. The van der Waals surface area contributed by atoms with Crippen molar-refractivity contribution in [1.82, 2.24) is 38.9 Å². The number of aryl methyl sites for hydroxylation is 2. The monoisotopic (exact) mass is 1220 g/mol. The Morgan fingerprint density at radius 1 is 0.655 bits per heavy atom. The molecule has 8 aromatic rings. The zero-order chi connectivity index (χ0) is 62.3. The number of hydrogen-bond donors (Lipinski definition) is 3. The van der Waals surface area contributed by atoms with Gasteiger partial charge in [0.2, 0.25) is 11.8 Å². The van der Waals surface area contributed by atoms with E-state index in [1.807, 2.05) is 77.3 Å². The Morgan fingerprint density at radius 3 is 1.57 bits per heavy atom. The van der Waals surface area contributed by atoms with Gasteiger partial charge in [0.1, 0.15) is 23.1 Å². The highest BCUT2D eigenvalue weighted by Gasteiger charge is 2.42. The van der Waals surface area contributed by atoms with Gasteiger partial charge in [-0.2, -0.15) is 9.97 Å². The van der Waals surface area contributed by atoms with E-state index in [9.17, 15) is 29.4 Å². The van der Waals surface area contributed by atoms with Gasteiger partial charge in [-0.15, -0.1) is 0 Å². The molecule has 4 unspecified atom stereocenters. The van der Waals surface area contributed by atoms with Crippen molar-refractivity contribution in [3.8, 4) is 45.1 Å². The molecule has 2 saturated heterocycles. The number of hydrogen-bond acceptors (Lipinski definition) is 14. The molecule has 0 radical (unpaired) electrons. The third-order valence-corrected chi connectivity index (χ3v) is 17.7. The molecule has 0 saturated carbocycles. The topological polar surface area (TPSA) is 198 Å². The lowest BCUT2D eigenvalue weighted by molar-refractivity contribution is -0.129. The van der Waals surface area contributed by atoms with Gasteiger partial charge in [-0.1, -0.05) is 76.2 Å². The van der Waals surface area contributed by atoms with Gasteiger partial charge in [0.15, 0.2) is 11.6 Å². The van der Waals surface area contributed by atoms with Crippen molar-refractivity contribution in [1.29, 1.82) is 0 Å². The number of benzene rings is 4. The Kier molecular flexibility index (Phi) is 15.9. The minimum Gasteiger partial charge on any atom is -0.507 e. The number of likely N-dealkylation sites (N-methyl/N-ethyl adjacent to an activating group) is 1. The number of carbonyl (C=O) groups is 2. The maximum Gasteiger partial charge on any atom is 0.354 e. The highest BCUT2D eigenvalue weighted by Crippen LogP contribution is 2.49. The van der Waals surface area contributed by atoms with Gasteiger partial charge < -0.3 is 40.0 Å². The number of nitrogens with one attached hydrogen (secondary N) is 1. The predicted molar refractivity (Wildman–Crippen MR) is 339 cm³/mol. The number of carbonyl (C=O) groups excluding carboxylic acids is 2. The van der Waals surface area contributed by atoms with E-state index < -0.39 is 23.0 Å². The van der Waals surface area contributed by atoms with Crippen molar-refractivity contribution < 1.29 is 28.6 Å². The summed E-state index contributed by atoms with van der Waals surface area (Å²) in [5.41, 5.74) is 4.55. The fraction of sp³-hybridized carbons (Fsp3) is 0.323. The summed E-state index contributed by atoms with van der Waals surface area (Å²) >= 11 is 13.1. The number of rotatable bonds is 8. The lowest BCUT2D eigenvalue weighted by atomic mass is 9.98. The van der Waals surface area contributed by atoms with Gasteiger partial charge in [-0.25, -0.2) is 18.4 Å². The number of pyridine rings is 2. The molecule has 4 aromatic carbocycles. The molecule has 0 aliphatic carbocycles. The quantitative estimate of drug-likeness (QED) is 0.121. The minimum absolute atomic E-state index is 0.0296. The van der Waals surface area contributed by atoms with Gasteiger partial charge in [0, 0.05) is 93.0 Å². The van der Waals surface area contributed by atoms with E-state index in [0.29, 0.717) is 88.9 Å². The number of aromatic nitrogens is 6. The van der Waals surface area contributed by atoms with E-state index in [1.165, 1.54) is 33.4 Å².